The number of aromatic carboxylic acids is 1. The lowest BCUT2D eigenvalue weighted by atomic mass is 9.98. The topological polar surface area (TPSA) is 343 Å². The van der Waals surface area contributed by atoms with Crippen LogP contribution in [-0.4, -0.2) is 139 Å². The van der Waals surface area contributed by atoms with Gasteiger partial charge in [0.2, 0.25) is 0 Å². The number of rotatable bonds is 25. The summed E-state index contributed by atoms with van der Waals surface area (Å²) >= 11 is 0. The minimum Gasteiger partial charge on any atom is -0.493 e. The molecule has 9 rings (SSSR count). The molecule has 2 heterocycles. The Morgan fingerprint density at radius 1 is 0.562 bits per heavy atom. The molecule has 2 fully saturated rings. The zero-order valence-corrected chi connectivity index (χ0v) is 50.0. The van der Waals surface area contributed by atoms with E-state index in [0.29, 0.717) is 110 Å². The van der Waals surface area contributed by atoms with Crippen LogP contribution in [0, 0.1) is 0 Å². The van der Waals surface area contributed by atoms with E-state index in [1.165, 1.54) is 26.4 Å². The van der Waals surface area contributed by atoms with E-state index in [4.69, 9.17) is 94.6 Å². The number of anilines is 4. The van der Waals surface area contributed by atoms with Gasteiger partial charge in [-0.3, -0.25) is 9.69 Å². The molecule has 24 nitrogen and oxygen atoms in total. The molecule has 2 amide bonds. The van der Waals surface area contributed by atoms with Crippen molar-refractivity contribution in [1.82, 2.24) is 9.80 Å². The predicted molar refractivity (Wildman–Crippen MR) is 326 cm³/mol. The molecule has 24 heteroatoms. The van der Waals surface area contributed by atoms with Crippen molar-refractivity contribution in [2.75, 3.05) is 104 Å². The van der Waals surface area contributed by atoms with Gasteiger partial charge in [-0.2, -0.15) is 19.2 Å². The summed E-state index contributed by atoms with van der Waals surface area (Å²) < 4.78 is 56.8. The van der Waals surface area contributed by atoms with Crippen LogP contribution < -0.4 is 60.8 Å². The van der Waals surface area contributed by atoms with Gasteiger partial charge < -0.3 is 80.3 Å². The van der Waals surface area contributed by atoms with E-state index in [1.807, 2.05) is 24.3 Å². The molecular formula is C65H74N6O18. The minimum absolute atomic E-state index is 0.0154. The number of carboxylic acid groups (broad SMARTS) is 1. The molecule has 89 heavy (non-hydrogen) atoms. The van der Waals surface area contributed by atoms with Gasteiger partial charge in [0.05, 0.1) is 90.9 Å². The Kier molecular flexibility index (Phi) is 25.9. The van der Waals surface area contributed by atoms with E-state index in [1.54, 1.807) is 72.6 Å². The first kappa shape index (κ1) is 67.7. The van der Waals surface area contributed by atoms with Gasteiger partial charge in [-0.05, 0) is 97.5 Å². The fourth-order valence-corrected chi connectivity index (χ4v) is 10.3. The number of carbonyl (C=O) groups excluding carboxylic acids is 6. The van der Waals surface area contributed by atoms with Crippen molar-refractivity contribution in [2.45, 2.75) is 63.1 Å². The van der Waals surface area contributed by atoms with Crippen molar-refractivity contribution in [2.24, 2.45) is 0 Å². The summed E-state index contributed by atoms with van der Waals surface area (Å²) in [6.07, 6.45) is 4.72. The van der Waals surface area contributed by atoms with E-state index in [2.05, 4.69) is 30.8 Å². The van der Waals surface area contributed by atoms with Gasteiger partial charge in [-0.25, -0.2) is 9.59 Å². The SMILES string of the molecule is C=C1C[C@@H](C2OCCN2C(=O)OCC2c3ccccc3-c3ccccc32)N(C(=O)c2cc(OC)c(OCCCCCOc3cc(N)ccc3OC)cc2N)C1.COc1ccc(N)cc1OCCCCCOc1cc(N)c(C(=O)O)cc1OC.O=C=O.O=C=O. The Morgan fingerprint density at radius 2 is 0.989 bits per heavy atom. The van der Waals surface area contributed by atoms with E-state index >= 15 is 0 Å². The second-order valence-corrected chi connectivity index (χ2v) is 20.2. The lowest BCUT2D eigenvalue weighted by Crippen LogP contribution is -2.51. The van der Waals surface area contributed by atoms with Gasteiger partial charge in [0, 0.05) is 59.9 Å². The van der Waals surface area contributed by atoms with Crippen LogP contribution in [0.1, 0.15) is 82.7 Å². The smallest absolute Gasteiger partial charge is 0.412 e. The Bertz CT molecular complexity index is 3400. The molecule has 0 aromatic heterocycles. The summed E-state index contributed by atoms with van der Waals surface area (Å²) in [6.45, 7) is 7.25. The third kappa shape index (κ3) is 18.1. The fourth-order valence-electron chi connectivity index (χ4n) is 10.3. The summed E-state index contributed by atoms with van der Waals surface area (Å²) in [5.74, 6) is 2.61. The maximum absolute atomic E-state index is 14.2. The highest BCUT2D eigenvalue weighted by molar-refractivity contribution is 6.01. The van der Waals surface area contributed by atoms with Gasteiger partial charge in [-0.1, -0.05) is 60.7 Å². The number of ether oxygens (including phenoxy) is 10. The number of likely N-dealkylation sites (tertiary alicyclic amines) is 1. The van der Waals surface area contributed by atoms with Gasteiger partial charge in [0.15, 0.2) is 52.2 Å². The van der Waals surface area contributed by atoms with Gasteiger partial charge in [0.25, 0.3) is 5.91 Å². The molecular weight excluding hydrogens is 1150 g/mol. The lowest BCUT2D eigenvalue weighted by Gasteiger charge is -2.33. The van der Waals surface area contributed by atoms with Crippen LogP contribution in [0.2, 0.25) is 0 Å². The number of unbranched alkanes of at least 4 members (excludes halogenated alkanes) is 4. The maximum Gasteiger partial charge on any atom is 0.412 e. The molecule has 6 aromatic carbocycles. The van der Waals surface area contributed by atoms with Crippen LogP contribution in [0.5, 0.6) is 46.0 Å². The van der Waals surface area contributed by atoms with E-state index in [-0.39, 0.29) is 53.2 Å². The number of hydrogen-bond acceptors (Lipinski definition) is 21. The Hall–Kier alpha value is -10.4. The lowest BCUT2D eigenvalue weighted by molar-refractivity contribution is -0.193. The quantitative estimate of drug-likeness (QED) is 0.0203. The van der Waals surface area contributed by atoms with Gasteiger partial charge >= 0.3 is 24.4 Å². The standard InChI is InChI=1S/C43H48N4O8.C20H26N2O6.2CO2/c1-27-21-36(42-46(17-20-54-42)43(49)55-26-34-31-13-7-5-11-29(31)30-12-6-8-14-32(30)34)47(25-27)41(48)33-23-38(51-3)40(24-35(33)45)53-19-10-4-9-18-52-39-22-28(44)15-16-37(39)50-2;1-25-16-7-6-13(21)10-18(16)27-8-4-3-5-9-28-19-12-15(22)14(20(23)24)11-17(19)26-2;2*2-1-3/h5-8,11-16,22-24,34,36,42H,1,4,9-10,17-21,25-26,44-45H2,2-3H3;6-7,10-12H,3-5,8-9,21-22H2,1-2H3,(H,23,24);;/t36-,42?;;;/m0.../s1. The largest absolute Gasteiger partial charge is 0.493 e. The molecule has 0 spiro atoms. The third-order valence-electron chi connectivity index (χ3n) is 14.5. The van der Waals surface area contributed by atoms with Crippen molar-refractivity contribution in [1.29, 1.82) is 0 Å². The van der Waals surface area contributed by atoms with Crippen molar-refractivity contribution in [3.05, 3.63) is 144 Å². The Balaban J connectivity index is 0.000000311. The third-order valence-corrected chi connectivity index (χ3v) is 14.5. The number of benzene rings is 6. The molecule has 2 saturated heterocycles. The van der Waals surface area contributed by atoms with Crippen LogP contribution in [-0.2, 0) is 28.7 Å². The number of carbonyl (C=O) groups is 3. The summed E-state index contributed by atoms with van der Waals surface area (Å²) in [5.41, 5.74) is 31.2. The number of methoxy groups -OCH3 is 4. The molecule has 0 saturated carbocycles. The number of hydrogen-bond donors (Lipinski definition) is 5. The first-order chi connectivity index (χ1) is 43.0. The average molecular weight is 1230 g/mol. The van der Waals surface area contributed by atoms with Gasteiger partial charge in [-0.15, -0.1) is 0 Å². The molecule has 0 bridgehead atoms. The zero-order valence-electron chi connectivity index (χ0n) is 50.0. The number of nitrogen functional groups attached to an aromatic ring is 4. The molecule has 6 aromatic rings. The molecule has 0 radical (unpaired) electrons. The molecule has 3 aliphatic rings. The minimum atomic E-state index is -1.11. The van der Waals surface area contributed by atoms with Crippen molar-refractivity contribution in [3.63, 3.8) is 0 Å². The number of carboxylic acids is 1. The van der Waals surface area contributed by atoms with E-state index < -0.39 is 24.3 Å². The summed E-state index contributed by atoms with van der Waals surface area (Å²) in [7, 11) is 6.15. The second kappa shape index (κ2) is 34.1. The molecule has 472 valence electrons. The normalized spacial score (nSPS) is 14.3. The first-order valence-electron chi connectivity index (χ1n) is 28.3. The number of nitrogens with two attached hydrogens (primary N) is 4. The zero-order chi connectivity index (χ0) is 64.4. The maximum atomic E-state index is 14.2. The molecule has 2 aliphatic heterocycles. The average Bonchev–Trinajstić information content (AvgIpc) is 1.73. The highest BCUT2D eigenvalue weighted by Crippen LogP contribution is 2.45. The van der Waals surface area contributed by atoms with E-state index in [9.17, 15) is 14.4 Å². The fraction of sp³-hybridized carbons (Fsp3) is 0.338. The van der Waals surface area contributed by atoms with Crippen molar-refractivity contribution < 1.29 is 86.0 Å². The summed E-state index contributed by atoms with van der Waals surface area (Å²) in [4.78, 5) is 74.7. The highest BCUT2D eigenvalue weighted by Gasteiger charge is 2.45. The predicted octanol–water partition coefficient (Wildman–Crippen LogP) is 8.90. The van der Waals surface area contributed by atoms with Crippen LogP contribution in [0.15, 0.2) is 121 Å². The monoisotopic (exact) mass is 1230 g/mol. The Morgan fingerprint density at radius 3 is 1.44 bits per heavy atom. The number of fused-ring (bicyclic) bond motifs is 3. The van der Waals surface area contributed by atoms with Crippen LogP contribution >= 0.6 is 0 Å². The first-order valence-corrected chi connectivity index (χ1v) is 28.3. The number of amides is 2. The van der Waals surface area contributed by atoms with Crippen LogP contribution in [0.25, 0.3) is 11.1 Å². The van der Waals surface area contributed by atoms with E-state index in [0.717, 1.165) is 66.4 Å². The molecule has 1 unspecified atom stereocenters. The second-order valence-electron chi connectivity index (χ2n) is 20.2. The van der Waals surface area contributed by atoms with Crippen molar-refractivity contribution >= 4 is 53.0 Å². The van der Waals surface area contributed by atoms with Gasteiger partial charge in [0.1, 0.15) is 6.61 Å². The Labute approximate surface area is 515 Å². The van der Waals surface area contributed by atoms with Crippen LogP contribution in [0.4, 0.5) is 27.5 Å². The molecule has 1 aliphatic carbocycles. The van der Waals surface area contributed by atoms with Crippen molar-refractivity contribution in [3.8, 4) is 57.1 Å². The summed E-state index contributed by atoms with van der Waals surface area (Å²) in [5, 5.41) is 9.10. The highest BCUT2D eigenvalue weighted by atomic mass is 16.6. The number of nitrogens with zero attached hydrogens (tertiary/aromatic N) is 2. The molecule has 2 atom stereocenters. The molecule has 9 N–H and O–H groups in total. The van der Waals surface area contributed by atoms with Crippen LogP contribution in [0.3, 0.4) is 0 Å². The summed E-state index contributed by atoms with van der Waals surface area (Å²) in [6, 6.07) is 32.6.